The van der Waals surface area contributed by atoms with Gasteiger partial charge >= 0.3 is 7.60 Å². The second-order valence-electron chi connectivity index (χ2n) is 5.26. The minimum absolute atomic E-state index is 0.246. The molecule has 0 amide bonds. The Balaban J connectivity index is 2.24. The lowest BCUT2D eigenvalue weighted by Crippen LogP contribution is -2.12. The third-order valence-corrected chi connectivity index (χ3v) is 5.94. The molecule has 0 bridgehead atoms. The first-order valence-corrected chi connectivity index (χ1v) is 9.86. The molecule has 0 radical (unpaired) electrons. The van der Waals surface area contributed by atoms with Gasteiger partial charge in [0, 0.05) is 17.6 Å². The van der Waals surface area contributed by atoms with E-state index in [0.717, 1.165) is 10.9 Å². The molecule has 2 aromatic heterocycles. The lowest BCUT2D eigenvalue weighted by molar-refractivity contribution is 0.0788. The molecule has 25 heavy (non-hydrogen) atoms. The van der Waals surface area contributed by atoms with Crippen molar-refractivity contribution in [1.82, 2.24) is 20.0 Å². The summed E-state index contributed by atoms with van der Waals surface area (Å²) in [5, 5.41) is 12.8. The van der Waals surface area contributed by atoms with Gasteiger partial charge in [0.25, 0.3) is 0 Å². The van der Waals surface area contributed by atoms with E-state index in [1.807, 2.05) is 37.3 Å². The number of hydrogen-bond acceptors (Lipinski definition) is 7. The Morgan fingerprint density at radius 3 is 2.52 bits per heavy atom. The summed E-state index contributed by atoms with van der Waals surface area (Å²) in [5.74, 6) is -0.907. The fourth-order valence-corrected chi connectivity index (χ4v) is 4.71. The van der Waals surface area contributed by atoms with Crippen LogP contribution in [-0.2, 0) is 18.3 Å². The fraction of sp³-hybridized carbons (Fsp3) is 0.438. The fourth-order valence-electron chi connectivity index (χ4n) is 2.79. The lowest BCUT2D eigenvalue weighted by Gasteiger charge is -2.26. The lowest BCUT2D eigenvalue weighted by atomic mass is 10.1. The average Bonchev–Trinajstić information content (AvgIpc) is 3.09. The van der Waals surface area contributed by atoms with Gasteiger partial charge < -0.3 is 13.8 Å². The van der Waals surface area contributed by atoms with Crippen molar-refractivity contribution in [3.05, 3.63) is 35.9 Å². The van der Waals surface area contributed by atoms with E-state index in [-0.39, 0.29) is 13.2 Å². The van der Waals surface area contributed by atoms with Crippen molar-refractivity contribution in [3.8, 4) is 0 Å². The summed E-state index contributed by atoms with van der Waals surface area (Å²) in [6, 6.07) is 9.57. The van der Waals surface area contributed by atoms with Crippen LogP contribution in [0.1, 0.15) is 32.2 Å². The molecule has 1 atom stereocenters. The van der Waals surface area contributed by atoms with E-state index in [1.165, 1.54) is 0 Å². The van der Waals surface area contributed by atoms with Crippen LogP contribution in [-0.4, -0.2) is 39.9 Å². The molecule has 0 aliphatic heterocycles. The highest BCUT2D eigenvalue weighted by Gasteiger charge is 2.39. The summed E-state index contributed by atoms with van der Waals surface area (Å²) in [6.07, 6.45) is 0. The summed E-state index contributed by atoms with van der Waals surface area (Å²) in [4.78, 5) is 0. The zero-order valence-corrected chi connectivity index (χ0v) is 15.3. The molecule has 0 fully saturated rings. The molecule has 0 spiro atoms. The monoisotopic (exact) mass is 364 g/mol. The Hall–Kier alpha value is -1.86. The van der Waals surface area contributed by atoms with Crippen LogP contribution in [0.15, 0.2) is 30.3 Å². The quantitative estimate of drug-likeness (QED) is 0.565. The first-order chi connectivity index (χ1) is 12.1. The number of rotatable bonds is 8. The Morgan fingerprint density at radius 2 is 1.84 bits per heavy atom. The van der Waals surface area contributed by atoms with Gasteiger partial charge in [-0.1, -0.05) is 18.2 Å². The summed E-state index contributed by atoms with van der Waals surface area (Å²) in [7, 11) is -3.56. The molecule has 0 aliphatic rings. The SMILES string of the molecule is CCOC(c1cc2ccccc2n2nnnc12)P(=O)(OCC)OCC. The summed E-state index contributed by atoms with van der Waals surface area (Å²) in [6.45, 7) is 6.20. The summed E-state index contributed by atoms with van der Waals surface area (Å²) >= 11 is 0. The smallest absolute Gasteiger partial charge is 0.361 e. The molecule has 3 aromatic rings. The Morgan fingerprint density at radius 1 is 1.12 bits per heavy atom. The van der Waals surface area contributed by atoms with Crippen LogP contribution in [0.3, 0.4) is 0 Å². The van der Waals surface area contributed by atoms with E-state index in [9.17, 15) is 4.57 Å². The van der Waals surface area contributed by atoms with E-state index < -0.39 is 13.4 Å². The molecule has 0 N–H and O–H groups in total. The van der Waals surface area contributed by atoms with Gasteiger partial charge in [-0.3, -0.25) is 4.57 Å². The van der Waals surface area contributed by atoms with Crippen LogP contribution in [0.25, 0.3) is 16.6 Å². The van der Waals surface area contributed by atoms with E-state index >= 15 is 0 Å². The number of ether oxygens (including phenoxy) is 1. The largest absolute Gasteiger partial charge is 0.363 e. The summed E-state index contributed by atoms with van der Waals surface area (Å²) < 4.78 is 31.8. The van der Waals surface area contributed by atoms with Gasteiger partial charge in [0.2, 0.25) is 0 Å². The normalized spacial score (nSPS) is 13.6. The van der Waals surface area contributed by atoms with Gasteiger partial charge in [-0.25, -0.2) is 0 Å². The van der Waals surface area contributed by atoms with Crippen LogP contribution in [0.5, 0.6) is 0 Å². The number of aromatic nitrogens is 4. The molecule has 0 saturated carbocycles. The highest BCUT2D eigenvalue weighted by Crippen LogP contribution is 2.62. The molecule has 9 heteroatoms. The topological polar surface area (TPSA) is 87.8 Å². The Bertz CT molecular complexity index is 903. The molecule has 1 unspecified atom stereocenters. The maximum atomic E-state index is 13.4. The zero-order chi connectivity index (χ0) is 17.9. The minimum atomic E-state index is -3.56. The first kappa shape index (κ1) is 17.9. The molecule has 2 heterocycles. The van der Waals surface area contributed by atoms with E-state index in [0.29, 0.717) is 17.8 Å². The van der Waals surface area contributed by atoms with Crippen LogP contribution in [0, 0.1) is 0 Å². The zero-order valence-electron chi connectivity index (χ0n) is 14.5. The molecule has 0 aliphatic carbocycles. The van der Waals surface area contributed by atoms with Gasteiger partial charge in [0.1, 0.15) is 0 Å². The van der Waals surface area contributed by atoms with Gasteiger partial charge in [-0.15, -0.1) is 5.10 Å². The number of pyridine rings is 1. The summed E-state index contributed by atoms with van der Waals surface area (Å²) in [5.41, 5.74) is 1.90. The molecule has 134 valence electrons. The van der Waals surface area contributed by atoms with Crippen LogP contribution < -0.4 is 0 Å². The highest BCUT2D eigenvalue weighted by atomic mass is 31.2. The highest BCUT2D eigenvalue weighted by molar-refractivity contribution is 7.54. The average molecular weight is 364 g/mol. The number of hydrogen-bond donors (Lipinski definition) is 0. The third-order valence-electron chi connectivity index (χ3n) is 3.70. The maximum Gasteiger partial charge on any atom is 0.363 e. The van der Waals surface area contributed by atoms with Crippen molar-refractivity contribution < 1.29 is 18.3 Å². The molecular formula is C16H21N4O4P. The van der Waals surface area contributed by atoms with E-state index in [2.05, 4.69) is 15.5 Å². The van der Waals surface area contributed by atoms with E-state index in [4.69, 9.17) is 13.8 Å². The Labute approximate surface area is 145 Å². The molecule has 3 rings (SSSR count). The molecule has 0 saturated heterocycles. The first-order valence-electron chi connectivity index (χ1n) is 8.24. The third kappa shape index (κ3) is 3.30. The van der Waals surface area contributed by atoms with Gasteiger partial charge in [-0.05, 0) is 43.3 Å². The number of para-hydroxylation sites is 1. The van der Waals surface area contributed by atoms with Crippen molar-refractivity contribution in [2.45, 2.75) is 26.6 Å². The number of benzene rings is 1. The molecule has 8 nitrogen and oxygen atoms in total. The van der Waals surface area contributed by atoms with E-state index in [1.54, 1.807) is 18.4 Å². The van der Waals surface area contributed by atoms with Crippen LogP contribution >= 0.6 is 7.60 Å². The van der Waals surface area contributed by atoms with Crippen LogP contribution in [0.4, 0.5) is 0 Å². The van der Waals surface area contributed by atoms with Crippen molar-refractivity contribution >= 4 is 24.1 Å². The predicted molar refractivity (Wildman–Crippen MR) is 93.5 cm³/mol. The number of tetrazole rings is 1. The van der Waals surface area contributed by atoms with Gasteiger partial charge in [-0.2, -0.15) is 4.52 Å². The van der Waals surface area contributed by atoms with Crippen molar-refractivity contribution in [2.75, 3.05) is 19.8 Å². The predicted octanol–water partition coefficient (Wildman–Crippen LogP) is 3.58. The second kappa shape index (κ2) is 7.58. The van der Waals surface area contributed by atoms with Gasteiger partial charge in [0.05, 0.1) is 18.7 Å². The second-order valence-corrected chi connectivity index (χ2v) is 7.32. The maximum absolute atomic E-state index is 13.4. The Kier molecular flexibility index (Phi) is 5.44. The molecular weight excluding hydrogens is 343 g/mol. The van der Waals surface area contributed by atoms with Crippen molar-refractivity contribution in [1.29, 1.82) is 0 Å². The van der Waals surface area contributed by atoms with Crippen molar-refractivity contribution in [3.63, 3.8) is 0 Å². The minimum Gasteiger partial charge on any atom is -0.361 e. The van der Waals surface area contributed by atoms with Gasteiger partial charge in [0.15, 0.2) is 11.5 Å². The van der Waals surface area contributed by atoms with Crippen molar-refractivity contribution in [2.24, 2.45) is 0 Å². The standard InChI is InChI=1S/C16H21N4O4P/c1-4-22-16(25(21,23-5-2)24-6-3)13-11-12-9-7-8-10-14(12)20-15(13)17-18-19-20/h7-11,16H,4-6H2,1-3H3. The number of nitrogens with zero attached hydrogens (tertiary/aromatic N) is 4. The number of fused-ring (bicyclic) bond motifs is 3. The van der Waals surface area contributed by atoms with Crippen LogP contribution in [0.2, 0.25) is 0 Å². The molecule has 1 aromatic carbocycles.